The standard InChI is InChI=1S/C22H25N5O2/c1-25(22(29)19-14-24-20-5-3-2-4-18(19)20)16-21(28)27-12-10-26(11-13-27)15-17-6-8-23-9-7-17/h2-9,14,24H,10-13,15-16H2,1H3. The van der Waals surface area contributed by atoms with Crippen LogP contribution in [0.3, 0.4) is 0 Å². The summed E-state index contributed by atoms with van der Waals surface area (Å²) >= 11 is 0. The molecule has 1 N–H and O–H groups in total. The highest BCUT2D eigenvalue weighted by molar-refractivity contribution is 6.07. The molecule has 3 heterocycles. The van der Waals surface area contributed by atoms with Crippen molar-refractivity contribution in [3.63, 3.8) is 0 Å². The highest BCUT2D eigenvalue weighted by atomic mass is 16.2. The second kappa shape index (κ2) is 8.45. The number of nitrogens with one attached hydrogen (secondary N) is 1. The fourth-order valence-corrected chi connectivity index (χ4v) is 3.73. The summed E-state index contributed by atoms with van der Waals surface area (Å²) < 4.78 is 0. The number of hydrogen-bond acceptors (Lipinski definition) is 4. The number of amides is 2. The summed E-state index contributed by atoms with van der Waals surface area (Å²) in [6.07, 6.45) is 5.32. The van der Waals surface area contributed by atoms with Crippen molar-refractivity contribution in [3.8, 4) is 0 Å². The SMILES string of the molecule is CN(CC(=O)N1CCN(Cc2ccncc2)CC1)C(=O)c1c[nH]c2ccccc12. The van der Waals surface area contributed by atoms with Crippen LogP contribution in [0.25, 0.3) is 10.9 Å². The molecule has 0 spiro atoms. The largest absolute Gasteiger partial charge is 0.360 e. The number of piperazine rings is 1. The maximum Gasteiger partial charge on any atom is 0.256 e. The van der Waals surface area contributed by atoms with Crippen LogP contribution in [0.4, 0.5) is 0 Å². The molecule has 0 bridgehead atoms. The van der Waals surface area contributed by atoms with Crippen molar-refractivity contribution >= 4 is 22.7 Å². The quantitative estimate of drug-likeness (QED) is 0.722. The summed E-state index contributed by atoms with van der Waals surface area (Å²) in [5, 5.41) is 0.876. The Balaban J connectivity index is 1.31. The molecule has 4 rings (SSSR count). The Morgan fingerprint density at radius 1 is 1.07 bits per heavy atom. The zero-order valence-electron chi connectivity index (χ0n) is 16.5. The lowest BCUT2D eigenvalue weighted by Crippen LogP contribution is -2.51. The molecule has 3 aromatic rings. The van der Waals surface area contributed by atoms with Crippen molar-refractivity contribution in [2.75, 3.05) is 39.8 Å². The first-order valence-electron chi connectivity index (χ1n) is 9.82. The number of fused-ring (bicyclic) bond motifs is 1. The summed E-state index contributed by atoms with van der Waals surface area (Å²) in [4.78, 5) is 38.4. The van der Waals surface area contributed by atoms with Gasteiger partial charge in [-0.05, 0) is 23.8 Å². The van der Waals surface area contributed by atoms with E-state index >= 15 is 0 Å². The van der Waals surface area contributed by atoms with Gasteiger partial charge in [0.15, 0.2) is 0 Å². The van der Waals surface area contributed by atoms with Gasteiger partial charge in [-0.15, -0.1) is 0 Å². The number of carbonyl (C=O) groups excluding carboxylic acids is 2. The molecule has 29 heavy (non-hydrogen) atoms. The van der Waals surface area contributed by atoms with Crippen LogP contribution in [0.2, 0.25) is 0 Å². The lowest BCUT2D eigenvalue weighted by atomic mass is 10.1. The third kappa shape index (κ3) is 4.30. The van der Waals surface area contributed by atoms with E-state index in [0.29, 0.717) is 18.7 Å². The van der Waals surface area contributed by atoms with Gasteiger partial charge in [-0.3, -0.25) is 19.5 Å². The molecule has 2 aromatic heterocycles. The Hall–Kier alpha value is -3.19. The highest BCUT2D eigenvalue weighted by Crippen LogP contribution is 2.19. The third-order valence-corrected chi connectivity index (χ3v) is 5.42. The van der Waals surface area contributed by atoms with Crippen molar-refractivity contribution in [3.05, 3.63) is 66.1 Å². The predicted octanol–water partition coefficient (Wildman–Crippen LogP) is 1.98. The van der Waals surface area contributed by atoms with E-state index in [1.165, 1.54) is 10.5 Å². The molecule has 0 saturated carbocycles. The highest BCUT2D eigenvalue weighted by Gasteiger charge is 2.24. The average Bonchev–Trinajstić information content (AvgIpc) is 3.18. The number of likely N-dealkylation sites (N-methyl/N-ethyl adjacent to an activating group) is 1. The van der Waals surface area contributed by atoms with E-state index in [-0.39, 0.29) is 18.4 Å². The third-order valence-electron chi connectivity index (χ3n) is 5.42. The number of nitrogens with zero attached hydrogens (tertiary/aromatic N) is 4. The first-order valence-corrected chi connectivity index (χ1v) is 9.82. The van der Waals surface area contributed by atoms with Crippen molar-refractivity contribution in [1.82, 2.24) is 24.7 Å². The average molecular weight is 391 g/mol. The Bertz CT molecular complexity index is 993. The zero-order valence-corrected chi connectivity index (χ0v) is 16.5. The Morgan fingerprint density at radius 3 is 2.55 bits per heavy atom. The molecule has 0 unspecified atom stereocenters. The topological polar surface area (TPSA) is 72.5 Å². The van der Waals surface area contributed by atoms with Gasteiger partial charge in [0.2, 0.25) is 5.91 Å². The Labute approximate surface area is 169 Å². The van der Waals surface area contributed by atoms with Gasteiger partial charge in [0.1, 0.15) is 0 Å². The summed E-state index contributed by atoms with van der Waals surface area (Å²) in [5.74, 6) is -0.156. The molecular weight excluding hydrogens is 366 g/mol. The van der Waals surface area contributed by atoms with Crippen LogP contribution >= 0.6 is 0 Å². The minimum absolute atomic E-state index is 0.00995. The molecule has 1 fully saturated rings. The maximum atomic E-state index is 12.8. The summed E-state index contributed by atoms with van der Waals surface area (Å²) in [5.41, 5.74) is 2.74. The number of para-hydroxylation sites is 1. The first-order chi connectivity index (χ1) is 14.1. The molecule has 1 aliphatic rings. The molecule has 2 amide bonds. The number of carbonyl (C=O) groups is 2. The van der Waals surface area contributed by atoms with Crippen LogP contribution in [0.15, 0.2) is 55.0 Å². The van der Waals surface area contributed by atoms with E-state index in [1.54, 1.807) is 25.6 Å². The van der Waals surface area contributed by atoms with Gasteiger partial charge in [0.25, 0.3) is 5.91 Å². The van der Waals surface area contributed by atoms with Crippen LogP contribution < -0.4 is 0 Å². The Morgan fingerprint density at radius 2 is 1.79 bits per heavy atom. The van der Waals surface area contributed by atoms with Gasteiger partial charge in [-0.2, -0.15) is 0 Å². The molecule has 0 atom stereocenters. The van der Waals surface area contributed by atoms with Gasteiger partial charge in [0, 0.05) is 69.3 Å². The van der Waals surface area contributed by atoms with Crippen LogP contribution in [-0.2, 0) is 11.3 Å². The zero-order chi connectivity index (χ0) is 20.2. The molecule has 1 saturated heterocycles. The van der Waals surface area contributed by atoms with Gasteiger partial charge in [-0.25, -0.2) is 0 Å². The van der Waals surface area contributed by atoms with Crippen molar-refractivity contribution < 1.29 is 9.59 Å². The summed E-state index contributed by atoms with van der Waals surface area (Å²) in [7, 11) is 1.68. The molecule has 1 aromatic carbocycles. The molecule has 7 heteroatoms. The van der Waals surface area contributed by atoms with Crippen LogP contribution in [-0.4, -0.2) is 76.3 Å². The van der Waals surface area contributed by atoms with E-state index < -0.39 is 0 Å². The van der Waals surface area contributed by atoms with Gasteiger partial charge < -0.3 is 14.8 Å². The fourth-order valence-electron chi connectivity index (χ4n) is 3.73. The molecule has 150 valence electrons. The number of hydrogen-bond donors (Lipinski definition) is 1. The van der Waals surface area contributed by atoms with E-state index in [4.69, 9.17) is 0 Å². The van der Waals surface area contributed by atoms with Crippen molar-refractivity contribution in [2.24, 2.45) is 0 Å². The number of pyridine rings is 1. The van der Waals surface area contributed by atoms with E-state index in [2.05, 4.69) is 14.9 Å². The minimum atomic E-state index is -0.146. The number of aromatic amines is 1. The van der Waals surface area contributed by atoms with E-state index in [1.807, 2.05) is 41.3 Å². The molecular formula is C22H25N5O2. The monoisotopic (exact) mass is 391 g/mol. The predicted molar refractivity (Wildman–Crippen MR) is 111 cm³/mol. The van der Waals surface area contributed by atoms with E-state index in [9.17, 15) is 9.59 Å². The molecule has 0 radical (unpaired) electrons. The van der Waals surface area contributed by atoms with Gasteiger partial charge in [-0.1, -0.05) is 18.2 Å². The molecule has 7 nitrogen and oxygen atoms in total. The fraction of sp³-hybridized carbons (Fsp3) is 0.318. The number of H-pyrrole nitrogens is 1. The number of benzene rings is 1. The molecule has 1 aliphatic heterocycles. The van der Waals surface area contributed by atoms with Crippen LogP contribution in [0.5, 0.6) is 0 Å². The smallest absolute Gasteiger partial charge is 0.256 e. The van der Waals surface area contributed by atoms with Crippen LogP contribution in [0.1, 0.15) is 15.9 Å². The molecule has 0 aliphatic carbocycles. The first kappa shape index (κ1) is 19.1. The summed E-state index contributed by atoms with van der Waals surface area (Å²) in [6.45, 7) is 3.96. The number of aromatic nitrogens is 2. The minimum Gasteiger partial charge on any atom is -0.360 e. The maximum absolute atomic E-state index is 12.8. The van der Waals surface area contributed by atoms with Crippen molar-refractivity contribution in [1.29, 1.82) is 0 Å². The lowest BCUT2D eigenvalue weighted by Gasteiger charge is -2.35. The van der Waals surface area contributed by atoms with Crippen LogP contribution in [0, 0.1) is 0 Å². The summed E-state index contributed by atoms with van der Waals surface area (Å²) in [6, 6.07) is 11.7. The second-order valence-electron chi connectivity index (χ2n) is 7.42. The number of rotatable bonds is 5. The van der Waals surface area contributed by atoms with E-state index in [0.717, 1.165) is 30.5 Å². The van der Waals surface area contributed by atoms with Crippen molar-refractivity contribution in [2.45, 2.75) is 6.54 Å². The second-order valence-corrected chi connectivity index (χ2v) is 7.42. The van der Waals surface area contributed by atoms with Gasteiger partial charge in [0.05, 0.1) is 12.1 Å². The normalized spacial score (nSPS) is 14.9. The lowest BCUT2D eigenvalue weighted by molar-refractivity contribution is -0.133. The van der Waals surface area contributed by atoms with Gasteiger partial charge >= 0.3 is 0 Å². The Kier molecular flexibility index (Phi) is 5.57.